The summed E-state index contributed by atoms with van der Waals surface area (Å²) in [5.41, 5.74) is 0. The van der Waals surface area contributed by atoms with E-state index in [-0.39, 0.29) is 18.5 Å². The van der Waals surface area contributed by atoms with Crippen LogP contribution >= 0.6 is 0 Å². The number of allylic oxidation sites excluding steroid dienone is 2. The number of carbonyl (C=O) groups excluding carboxylic acids is 2. The lowest BCUT2D eigenvalue weighted by Crippen LogP contribution is -2.45. The third-order valence-electron chi connectivity index (χ3n) is 19.8. The molecule has 3 N–H and O–H groups in total. The average molecular weight is 1260 g/mol. The Labute approximate surface area is 559 Å². The first-order valence-electron chi connectivity index (χ1n) is 41.4. The SMILES string of the molecule is CCCCCCCC/C=C\CCCCCCCCCCCC(=O)OCCCCCCCCCCCCCCCCCCCCCCCCCCCCCCCCCCCC(=O)NC(CO)C(O)CCCCCCCCCCCCCCCCCCCCCC. The number of carbonyl (C=O) groups is 2. The zero-order valence-electron chi connectivity index (χ0n) is 61.0. The summed E-state index contributed by atoms with van der Waals surface area (Å²) in [5.74, 6) is -0.00173. The minimum atomic E-state index is -0.661. The van der Waals surface area contributed by atoms with Crippen LogP contribution in [0, 0.1) is 0 Å². The Balaban J connectivity index is 3.30. The van der Waals surface area contributed by atoms with Crippen molar-refractivity contribution in [1.29, 1.82) is 0 Å². The van der Waals surface area contributed by atoms with Gasteiger partial charge in [-0.1, -0.05) is 431 Å². The Kier molecular flexibility index (Phi) is 77.8. The van der Waals surface area contributed by atoms with E-state index in [1.54, 1.807) is 0 Å². The molecule has 0 aliphatic rings. The molecule has 0 radical (unpaired) electrons. The van der Waals surface area contributed by atoms with Crippen molar-refractivity contribution >= 4 is 11.9 Å². The molecule has 0 saturated carbocycles. The van der Waals surface area contributed by atoms with E-state index < -0.39 is 12.1 Å². The van der Waals surface area contributed by atoms with E-state index in [1.165, 1.54) is 411 Å². The first-order valence-corrected chi connectivity index (χ1v) is 41.4. The molecule has 2 unspecified atom stereocenters. The van der Waals surface area contributed by atoms with Crippen molar-refractivity contribution in [3.63, 3.8) is 0 Å². The molecule has 0 aromatic heterocycles. The zero-order chi connectivity index (χ0) is 64.2. The van der Waals surface area contributed by atoms with Crippen molar-refractivity contribution in [3.05, 3.63) is 12.2 Å². The van der Waals surface area contributed by atoms with Crippen LogP contribution in [-0.4, -0.2) is 47.4 Å². The van der Waals surface area contributed by atoms with Crippen LogP contribution in [0.1, 0.15) is 483 Å². The maximum absolute atomic E-state index is 12.6. The fraction of sp³-hybridized carbons (Fsp3) is 0.952. The third-order valence-corrected chi connectivity index (χ3v) is 19.8. The van der Waals surface area contributed by atoms with Gasteiger partial charge in [-0.15, -0.1) is 0 Å². The Bertz CT molecular complexity index is 1350. The monoisotopic (exact) mass is 1250 g/mol. The quantitative estimate of drug-likeness (QED) is 0.0320. The summed E-state index contributed by atoms with van der Waals surface area (Å²) in [7, 11) is 0. The highest BCUT2D eigenvalue weighted by molar-refractivity contribution is 5.76. The van der Waals surface area contributed by atoms with Crippen molar-refractivity contribution in [3.8, 4) is 0 Å². The van der Waals surface area contributed by atoms with Crippen LogP contribution in [-0.2, 0) is 14.3 Å². The van der Waals surface area contributed by atoms with Crippen LogP contribution in [0.4, 0.5) is 0 Å². The summed E-state index contributed by atoms with van der Waals surface area (Å²) in [4.78, 5) is 24.7. The van der Waals surface area contributed by atoms with Gasteiger partial charge >= 0.3 is 5.97 Å². The minimum absolute atomic E-state index is 0.0227. The van der Waals surface area contributed by atoms with Crippen molar-refractivity contribution in [2.24, 2.45) is 0 Å². The molecule has 89 heavy (non-hydrogen) atoms. The highest BCUT2D eigenvalue weighted by atomic mass is 16.5. The van der Waals surface area contributed by atoms with Gasteiger partial charge in [-0.25, -0.2) is 0 Å². The van der Waals surface area contributed by atoms with Crippen molar-refractivity contribution in [1.82, 2.24) is 5.32 Å². The van der Waals surface area contributed by atoms with E-state index in [1.807, 2.05) is 0 Å². The summed E-state index contributed by atoms with van der Waals surface area (Å²) in [6.07, 6.45) is 100. The number of rotatable bonds is 79. The molecule has 0 bridgehead atoms. The zero-order valence-corrected chi connectivity index (χ0v) is 61.0. The van der Waals surface area contributed by atoms with Crippen molar-refractivity contribution < 1.29 is 24.5 Å². The third kappa shape index (κ3) is 75.5. The fourth-order valence-corrected chi connectivity index (χ4v) is 13.5. The molecule has 0 fully saturated rings. The lowest BCUT2D eigenvalue weighted by molar-refractivity contribution is -0.143. The molecule has 0 rings (SSSR count). The molecule has 6 nitrogen and oxygen atoms in total. The molecular weight excluding hydrogens is 1090 g/mol. The predicted molar refractivity (Wildman–Crippen MR) is 394 cm³/mol. The van der Waals surface area contributed by atoms with E-state index in [2.05, 4.69) is 31.3 Å². The van der Waals surface area contributed by atoms with Gasteiger partial charge < -0.3 is 20.3 Å². The molecular formula is C83H163NO5. The number of hydrogen-bond acceptors (Lipinski definition) is 5. The minimum Gasteiger partial charge on any atom is -0.466 e. The van der Waals surface area contributed by atoms with Gasteiger partial charge in [-0.05, 0) is 51.4 Å². The molecule has 0 aromatic rings. The van der Waals surface area contributed by atoms with Gasteiger partial charge in [0.25, 0.3) is 0 Å². The van der Waals surface area contributed by atoms with E-state index >= 15 is 0 Å². The maximum atomic E-state index is 12.6. The molecule has 0 aromatic carbocycles. The summed E-state index contributed by atoms with van der Waals surface area (Å²) in [5, 5.41) is 23.5. The Morgan fingerprint density at radius 3 is 0.798 bits per heavy atom. The fourth-order valence-electron chi connectivity index (χ4n) is 13.5. The number of amides is 1. The summed E-state index contributed by atoms with van der Waals surface area (Å²) in [6.45, 7) is 5.01. The second-order valence-electron chi connectivity index (χ2n) is 28.8. The van der Waals surface area contributed by atoms with Crippen LogP contribution in [0.5, 0.6) is 0 Å². The maximum Gasteiger partial charge on any atom is 0.305 e. The van der Waals surface area contributed by atoms with E-state index in [0.717, 1.165) is 38.5 Å². The lowest BCUT2D eigenvalue weighted by Gasteiger charge is -2.22. The molecule has 0 spiro atoms. The molecule has 1 amide bonds. The van der Waals surface area contributed by atoms with Crippen LogP contribution in [0.15, 0.2) is 12.2 Å². The summed E-state index contributed by atoms with van der Waals surface area (Å²) < 4.78 is 5.52. The van der Waals surface area contributed by atoms with E-state index in [4.69, 9.17) is 4.74 Å². The normalized spacial score (nSPS) is 12.4. The summed E-state index contributed by atoms with van der Waals surface area (Å²) >= 11 is 0. The molecule has 0 aliphatic heterocycles. The number of aliphatic hydroxyl groups excluding tert-OH is 2. The van der Waals surface area contributed by atoms with Crippen LogP contribution in [0.2, 0.25) is 0 Å². The molecule has 2 atom stereocenters. The lowest BCUT2D eigenvalue weighted by atomic mass is 10.0. The van der Waals surface area contributed by atoms with E-state index in [9.17, 15) is 19.8 Å². The van der Waals surface area contributed by atoms with Crippen LogP contribution in [0.25, 0.3) is 0 Å². The number of ether oxygens (including phenoxy) is 1. The van der Waals surface area contributed by atoms with Crippen LogP contribution in [0.3, 0.4) is 0 Å². The van der Waals surface area contributed by atoms with Gasteiger partial charge in [0.15, 0.2) is 0 Å². The number of aliphatic hydroxyl groups is 2. The molecule has 0 heterocycles. The highest BCUT2D eigenvalue weighted by Gasteiger charge is 2.20. The Morgan fingerprint density at radius 2 is 0.528 bits per heavy atom. The van der Waals surface area contributed by atoms with Gasteiger partial charge in [0.1, 0.15) is 0 Å². The molecule has 530 valence electrons. The van der Waals surface area contributed by atoms with Crippen molar-refractivity contribution in [2.75, 3.05) is 13.2 Å². The van der Waals surface area contributed by atoms with Gasteiger partial charge in [0.2, 0.25) is 5.91 Å². The van der Waals surface area contributed by atoms with Crippen LogP contribution < -0.4 is 5.32 Å². The number of nitrogens with one attached hydrogen (secondary N) is 1. The first kappa shape index (κ1) is 87.6. The summed E-state index contributed by atoms with van der Waals surface area (Å²) in [6, 6.07) is -0.538. The number of esters is 1. The number of hydrogen-bond donors (Lipinski definition) is 3. The standard InChI is InChI=1S/C83H163NO5/c1-3-5-7-9-11-13-15-17-19-21-23-40-43-47-51-55-59-63-67-71-75-81(86)80(79-85)84-82(87)76-72-68-64-60-56-52-48-44-41-37-35-33-31-29-27-25-24-26-28-30-32-34-36-38-42-46-50-54-58-62-66-70-74-78-89-83(88)77-73-69-65-61-57-53-49-45-39-22-20-18-16-14-12-10-8-6-4-2/h18,20,80-81,85-86H,3-17,19,21-79H2,1-2H3,(H,84,87)/b20-18-. The smallest absolute Gasteiger partial charge is 0.305 e. The van der Waals surface area contributed by atoms with Gasteiger partial charge in [0.05, 0.1) is 25.4 Å². The number of unbranched alkanes of at least 4 members (excludes halogenated alkanes) is 66. The molecule has 0 saturated heterocycles. The van der Waals surface area contributed by atoms with E-state index in [0.29, 0.717) is 25.9 Å². The van der Waals surface area contributed by atoms with Gasteiger partial charge in [-0.3, -0.25) is 9.59 Å². The molecule has 6 heteroatoms. The first-order chi connectivity index (χ1) is 44.0. The molecule has 0 aliphatic carbocycles. The van der Waals surface area contributed by atoms with Gasteiger partial charge in [-0.2, -0.15) is 0 Å². The Morgan fingerprint density at radius 1 is 0.303 bits per heavy atom. The average Bonchev–Trinajstić information content (AvgIpc) is 3.57. The second-order valence-corrected chi connectivity index (χ2v) is 28.8. The Hall–Kier alpha value is -1.40. The predicted octanol–water partition coefficient (Wildman–Crippen LogP) is 27.4. The van der Waals surface area contributed by atoms with Gasteiger partial charge in [0, 0.05) is 12.8 Å². The van der Waals surface area contributed by atoms with Crippen molar-refractivity contribution in [2.45, 2.75) is 495 Å². The largest absolute Gasteiger partial charge is 0.466 e. The topological polar surface area (TPSA) is 95.9 Å². The second kappa shape index (κ2) is 79.0. The highest BCUT2D eigenvalue weighted by Crippen LogP contribution is 2.21.